The fourth-order valence-corrected chi connectivity index (χ4v) is 1.93. The van der Waals surface area contributed by atoms with Crippen LogP contribution in [-0.2, 0) is 4.79 Å². The van der Waals surface area contributed by atoms with Crippen molar-refractivity contribution in [1.29, 1.82) is 0 Å². The second-order valence-electron chi connectivity index (χ2n) is 4.47. The molecule has 1 aromatic heterocycles. The first-order valence-corrected chi connectivity index (χ1v) is 6.90. The Morgan fingerprint density at radius 2 is 1.86 bits per heavy atom. The predicted molar refractivity (Wildman–Crippen MR) is 82.3 cm³/mol. The lowest BCUT2D eigenvalue weighted by Gasteiger charge is -2.22. The molecule has 7 nitrogen and oxygen atoms in total. The second-order valence-corrected chi connectivity index (χ2v) is 4.91. The van der Waals surface area contributed by atoms with Crippen molar-refractivity contribution in [3.05, 3.63) is 55.8 Å². The number of anilines is 1. The van der Waals surface area contributed by atoms with Crippen molar-refractivity contribution in [2.24, 2.45) is 0 Å². The number of aromatic nitrogens is 2. The molecule has 0 aliphatic rings. The largest absolute Gasteiger partial charge is 0.372 e. The van der Waals surface area contributed by atoms with Gasteiger partial charge in [0.2, 0.25) is 0 Å². The molecule has 22 heavy (non-hydrogen) atoms. The Bertz CT molecular complexity index is 795. The van der Waals surface area contributed by atoms with Gasteiger partial charge in [0.05, 0.1) is 0 Å². The van der Waals surface area contributed by atoms with Gasteiger partial charge < -0.3 is 9.82 Å². The lowest BCUT2D eigenvalue weighted by atomic mass is 10.3. The number of benzene rings is 1. The third-order valence-electron chi connectivity index (χ3n) is 2.84. The minimum absolute atomic E-state index is 0.0681. The minimum Gasteiger partial charge on any atom is -0.372 e. The maximum absolute atomic E-state index is 12.1. The van der Waals surface area contributed by atoms with Gasteiger partial charge in [-0.1, -0.05) is 18.5 Å². The molecule has 0 aliphatic heterocycles. The Kier molecular flexibility index (Phi) is 4.67. The van der Waals surface area contributed by atoms with Gasteiger partial charge in [-0.25, -0.2) is 4.79 Å². The highest BCUT2D eigenvalue weighted by molar-refractivity contribution is 6.30. The molecule has 0 saturated heterocycles. The van der Waals surface area contributed by atoms with E-state index < -0.39 is 17.2 Å². The summed E-state index contributed by atoms with van der Waals surface area (Å²) in [7, 11) is 0. The van der Waals surface area contributed by atoms with E-state index in [1.807, 2.05) is 0 Å². The number of carbonyl (C=O) groups is 1. The molecule has 0 spiro atoms. The van der Waals surface area contributed by atoms with Crippen molar-refractivity contribution >= 4 is 23.2 Å². The van der Waals surface area contributed by atoms with Gasteiger partial charge in [0.25, 0.3) is 11.5 Å². The number of nitrogens with zero attached hydrogens (tertiary/aromatic N) is 1. The molecule has 8 heteroatoms. The molecule has 1 aromatic carbocycles. The van der Waals surface area contributed by atoms with Gasteiger partial charge in [0, 0.05) is 17.1 Å². The van der Waals surface area contributed by atoms with Crippen LogP contribution in [-0.4, -0.2) is 15.9 Å². The van der Waals surface area contributed by atoms with Crippen LogP contribution in [0.15, 0.2) is 33.9 Å². The van der Waals surface area contributed by atoms with Gasteiger partial charge >= 0.3 is 5.69 Å². The molecular formula is C14H14ClN3O4. The summed E-state index contributed by atoms with van der Waals surface area (Å²) in [6.45, 7) is 3.14. The van der Waals surface area contributed by atoms with Crippen molar-refractivity contribution in [3.8, 4) is 5.75 Å². The van der Waals surface area contributed by atoms with Crippen LogP contribution in [0.4, 0.5) is 5.69 Å². The van der Waals surface area contributed by atoms with Gasteiger partial charge in [0.15, 0.2) is 11.4 Å². The molecule has 0 saturated carbocycles. The van der Waals surface area contributed by atoms with Gasteiger partial charge in [-0.3, -0.25) is 14.6 Å². The first kappa shape index (κ1) is 15.8. The van der Waals surface area contributed by atoms with Crippen LogP contribution in [0.5, 0.6) is 5.75 Å². The molecule has 2 rings (SSSR count). The second kappa shape index (κ2) is 6.48. The molecule has 2 N–H and O–H groups in total. The van der Waals surface area contributed by atoms with E-state index in [1.54, 1.807) is 31.2 Å². The Morgan fingerprint density at radius 3 is 2.41 bits per heavy atom. The standard InChI is InChI=1S/C14H14ClN3O4/c1-3-11(19)18(22-10-6-4-9(15)5-7-10)12-8(2)16-14(21)17-13(12)20/h4-7H,3H2,1-2H3,(H2,16,17,20,21). The number of carbonyl (C=O) groups excluding carboxylic acids is 1. The lowest BCUT2D eigenvalue weighted by Crippen LogP contribution is -2.40. The van der Waals surface area contributed by atoms with Crippen molar-refractivity contribution in [2.45, 2.75) is 20.3 Å². The molecule has 1 amide bonds. The highest BCUT2D eigenvalue weighted by atomic mass is 35.5. The molecule has 0 aliphatic carbocycles. The van der Waals surface area contributed by atoms with Gasteiger partial charge in [0.1, 0.15) is 0 Å². The smallest absolute Gasteiger partial charge is 0.326 e. The van der Waals surface area contributed by atoms with E-state index >= 15 is 0 Å². The number of hydrogen-bond acceptors (Lipinski definition) is 4. The van der Waals surface area contributed by atoms with Crippen molar-refractivity contribution in [1.82, 2.24) is 9.97 Å². The van der Waals surface area contributed by atoms with Crippen LogP contribution in [0.3, 0.4) is 0 Å². The van der Waals surface area contributed by atoms with E-state index in [9.17, 15) is 14.4 Å². The summed E-state index contributed by atoms with van der Waals surface area (Å²) < 4.78 is 0. The van der Waals surface area contributed by atoms with Gasteiger partial charge in [-0.15, -0.1) is 5.06 Å². The van der Waals surface area contributed by atoms with E-state index in [0.717, 1.165) is 5.06 Å². The molecule has 0 bridgehead atoms. The zero-order chi connectivity index (χ0) is 16.3. The van der Waals surface area contributed by atoms with E-state index in [2.05, 4.69) is 9.97 Å². The summed E-state index contributed by atoms with van der Waals surface area (Å²) in [6, 6.07) is 6.31. The number of hydroxylamine groups is 1. The first-order chi connectivity index (χ1) is 10.4. The molecule has 0 fully saturated rings. The fraction of sp³-hybridized carbons (Fsp3) is 0.214. The number of hydrogen-bond donors (Lipinski definition) is 2. The normalized spacial score (nSPS) is 10.3. The number of rotatable bonds is 4. The topological polar surface area (TPSA) is 95.3 Å². The number of aromatic amines is 2. The molecule has 1 heterocycles. The Hall–Kier alpha value is -2.54. The van der Waals surface area contributed by atoms with Crippen LogP contribution < -0.4 is 21.1 Å². The number of nitrogens with one attached hydrogen (secondary N) is 2. The van der Waals surface area contributed by atoms with Crippen molar-refractivity contribution in [2.75, 3.05) is 5.06 Å². The number of halogens is 1. The van der Waals surface area contributed by atoms with E-state index in [0.29, 0.717) is 10.8 Å². The molecule has 0 unspecified atom stereocenters. The number of H-pyrrole nitrogens is 2. The van der Waals surface area contributed by atoms with Crippen LogP contribution >= 0.6 is 11.6 Å². The van der Waals surface area contributed by atoms with Crippen molar-refractivity contribution in [3.63, 3.8) is 0 Å². The maximum Gasteiger partial charge on any atom is 0.326 e. The lowest BCUT2D eigenvalue weighted by molar-refractivity contribution is -0.122. The monoisotopic (exact) mass is 323 g/mol. The third-order valence-corrected chi connectivity index (χ3v) is 3.09. The summed E-state index contributed by atoms with van der Waals surface area (Å²) in [4.78, 5) is 45.3. The summed E-state index contributed by atoms with van der Waals surface area (Å²) in [5.74, 6) is -0.105. The average molecular weight is 324 g/mol. The quantitative estimate of drug-likeness (QED) is 0.838. The summed E-state index contributed by atoms with van der Waals surface area (Å²) in [5, 5.41) is 1.38. The van der Waals surface area contributed by atoms with E-state index in [4.69, 9.17) is 16.4 Å². The minimum atomic E-state index is -0.711. The zero-order valence-electron chi connectivity index (χ0n) is 12.0. The molecule has 0 radical (unpaired) electrons. The summed E-state index contributed by atoms with van der Waals surface area (Å²) in [5.41, 5.74) is -1.20. The van der Waals surface area contributed by atoms with Crippen LogP contribution in [0.2, 0.25) is 5.02 Å². The van der Waals surface area contributed by atoms with Gasteiger partial charge in [-0.05, 0) is 31.2 Å². The third kappa shape index (κ3) is 3.37. The Morgan fingerprint density at radius 1 is 1.23 bits per heavy atom. The van der Waals surface area contributed by atoms with E-state index in [-0.39, 0.29) is 17.8 Å². The molecular weight excluding hydrogens is 310 g/mol. The summed E-state index contributed by atoms with van der Waals surface area (Å²) in [6.07, 6.45) is 0.117. The van der Waals surface area contributed by atoms with Gasteiger partial charge in [-0.2, -0.15) is 0 Å². The van der Waals surface area contributed by atoms with Crippen LogP contribution in [0.1, 0.15) is 19.0 Å². The highest BCUT2D eigenvalue weighted by Gasteiger charge is 2.23. The van der Waals surface area contributed by atoms with E-state index in [1.165, 1.54) is 6.92 Å². The SMILES string of the molecule is CCC(=O)N(Oc1ccc(Cl)cc1)c1c(C)[nH]c(=O)[nH]c1=O. The Balaban J connectivity index is 2.47. The highest BCUT2D eigenvalue weighted by Crippen LogP contribution is 2.20. The van der Waals surface area contributed by atoms with Crippen LogP contribution in [0, 0.1) is 6.92 Å². The first-order valence-electron chi connectivity index (χ1n) is 6.52. The maximum atomic E-state index is 12.1. The van der Waals surface area contributed by atoms with Crippen LogP contribution in [0.25, 0.3) is 0 Å². The fourth-order valence-electron chi connectivity index (χ4n) is 1.80. The molecule has 116 valence electrons. The predicted octanol–water partition coefficient (Wildman–Crippen LogP) is 1.76. The number of amides is 1. The molecule has 2 aromatic rings. The summed E-state index contributed by atoms with van der Waals surface area (Å²) >= 11 is 5.79. The Labute approximate surface area is 130 Å². The van der Waals surface area contributed by atoms with Crippen molar-refractivity contribution < 1.29 is 9.63 Å². The zero-order valence-corrected chi connectivity index (χ0v) is 12.7. The number of aryl methyl sites for hydroxylation is 1. The average Bonchev–Trinajstić information content (AvgIpc) is 2.46. The molecule has 0 atom stereocenters.